The van der Waals surface area contributed by atoms with Crippen molar-refractivity contribution in [1.82, 2.24) is 9.78 Å². The largest absolute Gasteiger partial charge is 0.492 e. The van der Waals surface area contributed by atoms with Crippen molar-refractivity contribution in [2.24, 2.45) is 0 Å². The van der Waals surface area contributed by atoms with E-state index < -0.39 is 0 Å². The number of benzene rings is 1. The van der Waals surface area contributed by atoms with Gasteiger partial charge in [-0.1, -0.05) is 56.5 Å². The van der Waals surface area contributed by atoms with Gasteiger partial charge in [0.1, 0.15) is 0 Å². The first-order valence-corrected chi connectivity index (χ1v) is 8.03. The van der Waals surface area contributed by atoms with E-state index in [1.54, 1.807) is 0 Å². The number of nitrogens with zero attached hydrogens (tertiary/aromatic N) is 2. The van der Waals surface area contributed by atoms with E-state index in [0.717, 1.165) is 55.5 Å². The average molecular weight is 286 g/mol. The molecule has 2 rings (SSSR count). The van der Waals surface area contributed by atoms with Crippen LogP contribution in [0.3, 0.4) is 0 Å². The molecule has 3 nitrogen and oxygen atoms in total. The predicted octanol–water partition coefficient (Wildman–Crippen LogP) is 4.71. The Labute approximate surface area is 127 Å². The molecule has 0 spiro atoms. The lowest BCUT2D eigenvalue weighted by Gasteiger charge is -2.09. The lowest BCUT2D eigenvalue weighted by atomic mass is 10.0. The first-order valence-electron chi connectivity index (χ1n) is 8.03. The van der Waals surface area contributed by atoms with E-state index in [-0.39, 0.29) is 5.88 Å². The van der Waals surface area contributed by atoms with Crippen LogP contribution in [-0.4, -0.2) is 14.9 Å². The molecule has 0 radical (unpaired) electrons. The van der Waals surface area contributed by atoms with Gasteiger partial charge in [0, 0.05) is 17.7 Å². The lowest BCUT2D eigenvalue weighted by molar-refractivity contribution is 0.430. The zero-order valence-electron chi connectivity index (χ0n) is 13.4. The van der Waals surface area contributed by atoms with Crippen LogP contribution in [0.4, 0.5) is 0 Å². The second-order valence-electron chi connectivity index (χ2n) is 5.70. The molecule has 0 aliphatic rings. The van der Waals surface area contributed by atoms with Gasteiger partial charge in [0.25, 0.3) is 0 Å². The van der Waals surface area contributed by atoms with E-state index in [4.69, 9.17) is 0 Å². The van der Waals surface area contributed by atoms with Crippen LogP contribution in [0.1, 0.15) is 50.7 Å². The highest BCUT2D eigenvalue weighted by Crippen LogP contribution is 2.32. The Bertz CT molecular complexity index is 570. The molecule has 0 fully saturated rings. The van der Waals surface area contributed by atoms with Crippen molar-refractivity contribution in [3.8, 4) is 17.1 Å². The quantitative estimate of drug-likeness (QED) is 0.800. The van der Waals surface area contributed by atoms with E-state index in [1.807, 2.05) is 4.68 Å². The first-order chi connectivity index (χ1) is 10.2. The molecule has 2 aromatic rings. The summed E-state index contributed by atoms with van der Waals surface area (Å²) in [6.45, 7) is 7.30. The summed E-state index contributed by atoms with van der Waals surface area (Å²) in [6, 6.07) is 8.49. The molecule has 1 aromatic carbocycles. The van der Waals surface area contributed by atoms with Crippen LogP contribution >= 0.6 is 0 Å². The van der Waals surface area contributed by atoms with E-state index >= 15 is 0 Å². The number of hydrogen-bond acceptors (Lipinski definition) is 2. The molecule has 114 valence electrons. The zero-order chi connectivity index (χ0) is 15.2. The Balaban J connectivity index is 2.44. The third-order valence-electron chi connectivity index (χ3n) is 3.86. The van der Waals surface area contributed by atoms with Gasteiger partial charge >= 0.3 is 0 Å². The molecule has 0 saturated carbocycles. The number of aromatic nitrogens is 2. The highest BCUT2D eigenvalue weighted by Gasteiger charge is 2.18. The maximum atomic E-state index is 10.2. The van der Waals surface area contributed by atoms with E-state index in [9.17, 15) is 5.11 Å². The summed E-state index contributed by atoms with van der Waals surface area (Å²) in [5.74, 6) is 0.204. The second-order valence-corrected chi connectivity index (χ2v) is 5.70. The maximum absolute atomic E-state index is 10.2. The third-order valence-corrected chi connectivity index (χ3v) is 3.86. The molecule has 0 aliphatic heterocycles. The van der Waals surface area contributed by atoms with Crippen molar-refractivity contribution in [3.05, 3.63) is 35.4 Å². The van der Waals surface area contributed by atoms with Gasteiger partial charge in [0.05, 0.1) is 5.69 Å². The molecule has 1 heterocycles. The van der Waals surface area contributed by atoms with Crippen LogP contribution in [-0.2, 0) is 13.0 Å². The number of aromatic hydroxyl groups is 1. The van der Waals surface area contributed by atoms with Gasteiger partial charge < -0.3 is 5.11 Å². The van der Waals surface area contributed by atoms with Crippen molar-refractivity contribution in [2.75, 3.05) is 0 Å². The highest BCUT2D eigenvalue weighted by molar-refractivity contribution is 5.66. The smallest absolute Gasteiger partial charge is 0.234 e. The zero-order valence-corrected chi connectivity index (χ0v) is 13.4. The molecule has 0 bridgehead atoms. The predicted molar refractivity (Wildman–Crippen MR) is 87.6 cm³/mol. The fraction of sp³-hybridized carbons (Fsp3) is 0.500. The molecule has 1 aromatic heterocycles. The Morgan fingerprint density at radius 2 is 1.71 bits per heavy atom. The number of rotatable bonds is 7. The topological polar surface area (TPSA) is 38.1 Å². The molecule has 3 heteroatoms. The average Bonchev–Trinajstić information content (AvgIpc) is 2.79. The van der Waals surface area contributed by atoms with Crippen molar-refractivity contribution in [3.63, 3.8) is 0 Å². The lowest BCUT2D eigenvalue weighted by Crippen LogP contribution is -2.03. The maximum Gasteiger partial charge on any atom is 0.234 e. The Kier molecular flexibility index (Phi) is 5.43. The van der Waals surface area contributed by atoms with Gasteiger partial charge in [0.2, 0.25) is 5.88 Å². The van der Waals surface area contributed by atoms with Crippen LogP contribution in [0.25, 0.3) is 11.3 Å². The van der Waals surface area contributed by atoms with Crippen molar-refractivity contribution in [1.29, 1.82) is 0 Å². The molecule has 0 unspecified atom stereocenters. The monoisotopic (exact) mass is 286 g/mol. The van der Waals surface area contributed by atoms with Crippen LogP contribution < -0.4 is 0 Å². The summed E-state index contributed by atoms with van der Waals surface area (Å²) < 4.78 is 1.98. The molecule has 21 heavy (non-hydrogen) atoms. The third kappa shape index (κ3) is 3.66. The fourth-order valence-electron chi connectivity index (χ4n) is 2.57. The number of aryl methyl sites for hydroxylation is 2. The van der Waals surface area contributed by atoms with Gasteiger partial charge in [-0.3, -0.25) is 4.68 Å². The van der Waals surface area contributed by atoms with Crippen molar-refractivity contribution >= 4 is 0 Å². The first kappa shape index (κ1) is 15.6. The fourth-order valence-corrected chi connectivity index (χ4v) is 2.57. The van der Waals surface area contributed by atoms with Gasteiger partial charge in [0.15, 0.2) is 0 Å². The Morgan fingerprint density at radius 1 is 1.05 bits per heavy atom. The van der Waals surface area contributed by atoms with Crippen LogP contribution in [0.15, 0.2) is 24.3 Å². The standard InChI is InChI=1S/C18H26N2O/c1-4-6-8-16-17(15-11-9-14(3)10-12-15)20(13-7-5-2)19-18(16)21/h9-12H,4-8,13H2,1-3H3,(H,19,21). The molecule has 0 amide bonds. The highest BCUT2D eigenvalue weighted by atomic mass is 16.3. The normalized spacial score (nSPS) is 11.0. The van der Waals surface area contributed by atoms with Crippen LogP contribution in [0.2, 0.25) is 0 Å². The van der Waals surface area contributed by atoms with Gasteiger partial charge in [-0.25, -0.2) is 0 Å². The molecule has 1 N–H and O–H groups in total. The second kappa shape index (κ2) is 7.30. The minimum Gasteiger partial charge on any atom is -0.492 e. The molecular formula is C18H26N2O. The molecular weight excluding hydrogens is 260 g/mol. The summed E-state index contributed by atoms with van der Waals surface area (Å²) >= 11 is 0. The van der Waals surface area contributed by atoms with E-state index in [2.05, 4.69) is 50.1 Å². The van der Waals surface area contributed by atoms with Crippen LogP contribution in [0, 0.1) is 6.92 Å². The minimum atomic E-state index is 0.204. The van der Waals surface area contributed by atoms with Crippen molar-refractivity contribution < 1.29 is 5.11 Å². The van der Waals surface area contributed by atoms with E-state index in [1.165, 1.54) is 5.56 Å². The number of unbranched alkanes of at least 4 members (excludes halogenated alkanes) is 2. The summed E-state index contributed by atoms with van der Waals surface area (Å²) in [5.41, 5.74) is 4.49. The molecule has 0 aliphatic carbocycles. The van der Waals surface area contributed by atoms with E-state index in [0.29, 0.717) is 0 Å². The Hall–Kier alpha value is -1.77. The van der Waals surface area contributed by atoms with Crippen molar-refractivity contribution in [2.45, 2.75) is 59.4 Å². The minimum absolute atomic E-state index is 0.204. The SMILES string of the molecule is CCCCc1c(O)nn(CCCC)c1-c1ccc(C)cc1. The van der Waals surface area contributed by atoms with Gasteiger partial charge in [-0.05, 0) is 26.2 Å². The summed E-state index contributed by atoms with van der Waals surface area (Å²) in [5, 5.41) is 14.6. The van der Waals surface area contributed by atoms with Crippen LogP contribution in [0.5, 0.6) is 5.88 Å². The van der Waals surface area contributed by atoms with Gasteiger partial charge in [-0.15, -0.1) is 5.10 Å². The Morgan fingerprint density at radius 3 is 2.33 bits per heavy atom. The summed E-state index contributed by atoms with van der Waals surface area (Å²) in [4.78, 5) is 0. The molecule has 0 saturated heterocycles. The molecule has 0 atom stereocenters. The summed E-state index contributed by atoms with van der Waals surface area (Å²) in [6.07, 6.45) is 5.28. The number of hydrogen-bond donors (Lipinski definition) is 1. The summed E-state index contributed by atoms with van der Waals surface area (Å²) in [7, 11) is 0. The van der Waals surface area contributed by atoms with Gasteiger partial charge in [-0.2, -0.15) is 0 Å².